The van der Waals surface area contributed by atoms with Gasteiger partial charge in [0.15, 0.2) is 0 Å². The minimum atomic E-state index is -1.19. The first-order valence-corrected chi connectivity index (χ1v) is 13.2. The molecule has 1 saturated heterocycles. The Morgan fingerprint density at radius 2 is 1.75 bits per heavy atom. The monoisotopic (exact) mass is 498 g/mol. The highest BCUT2D eigenvalue weighted by Gasteiger charge is 2.68. The highest BCUT2D eigenvalue weighted by atomic mass is 16.7. The molecule has 0 unspecified atom stereocenters. The lowest BCUT2D eigenvalue weighted by atomic mass is 9.43. The second kappa shape index (κ2) is 9.05. The van der Waals surface area contributed by atoms with Gasteiger partial charge in [0.25, 0.3) is 0 Å². The number of amides is 2. The van der Waals surface area contributed by atoms with Gasteiger partial charge in [-0.25, -0.2) is 4.79 Å². The predicted octanol–water partition coefficient (Wildman–Crippen LogP) is 4.59. The fourth-order valence-corrected chi connectivity index (χ4v) is 6.23. The standard InChI is InChI=1S/C28H43BN2O5/c1-17-10-12-18(13-11-17)14-22(30-23(32)27(7,8)31-24(33)34-25(2,3)4)29-35-21-16-19-15-20(26(19,5)6)28(21,9)36-29/h10-13,19-22H,14-16H2,1-9H3,(H,30,32)(H,31,33)/t19-,20-,21+,22-,28-/m0/s1. The summed E-state index contributed by atoms with van der Waals surface area (Å²) in [5, 5.41) is 5.85. The van der Waals surface area contributed by atoms with E-state index in [0.29, 0.717) is 18.3 Å². The number of aryl methyl sites for hydroxylation is 1. The van der Waals surface area contributed by atoms with Crippen LogP contribution in [0.4, 0.5) is 4.79 Å². The molecule has 2 bridgehead atoms. The summed E-state index contributed by atoms with van der Waals surface area (Å²) < 4.78 is 18.6. The minimum absolute atomic E-state index is 0.0181. The fraction of sp³-hybridized carbons (Fsp3) is 0.714. The Labute approximate surface area is 216 Å². The van der Waals surface area contributed by atoms with Crippen molar-refractivity contribution < 1.29 is 23.6 Å². The SMILES string of the molecule is Cc1ccc(C[C@H](NC(=O)C(C)(C)NC(=O)OC(C)(C)C)B2O[C@@H]3C[C@@H]4C[C@@H](C4(C)C)[C@]3(C)O2)cc1. The second-order valence-corrected chi connectivity index (χ2v) is 13.4. The fourth-order valence-electron chi connectivity index (χ4n) is 6.23. The number of alkyl carbamates (subject to hydrolysis) is 1. The number of nitrogens with one attached hydrogen (secondary N) is 2. The van der Waals surface area contributed by atoms with Crippen molar-refractivity contribution in [1.82, 2.24) is 10.6 Å². The first kappa shape index (κ1) is 27.0. The number of hydrogen-bond acceptors (Lipinski definition) is 5. The summed E-state index contributed by atoms with van der Waals surface area (Å²) >= 11 is 0. The maximum atomic E-state index is 13.5. The molecular formula is C28H43BN2O5. The van der Waals surface area contributed by atoms with Crippen LogP contribution in [0.2, 0.25) is 0 Å². The van der Waals surface area contributed by atoms with Crippen molar-refractivity contribution in [2.24, 2.45) is 17.3 Å². The van der Waals surface area contributed by atoms with E-state index in [-0.39, 0.29) is 23.0 Å². The number of carbonyl (C=O) groups is 2. The van der Waals surface area contributed by atoms with Crippen LogP contribution in [-0.4, -0.2) is 47.9 Å². The molecule has 5 atom stereocenters. The number of ether oxygens (including phenoxy) is 1. The maximum absolute atomic E-state index is 13.5. The Morgan fingerprint density at radius 3 is 2.33 bits per heavy atom. The Morgan fingerprint density at radius 1 is 1.11 bits per heavy atom. The molecule has 1 heterocycles. The molecule has 7 nitrogen and oxygen atoms in total. The number of carbonyl (C=O) groups excluding carboxylic acids is 2. The number of benzene rings is 1. The van der Waals surface area contributed by atoms with E-state index in [4.69, 9.17) is 14.0 Å². The van der Waals surface area contributed by atoms with E-state index in [0.717, 1.165) is 18.4 Å². The third-order valence-corrected chi connectivity index (χ3v) is 8.57. The Balaban J connectivity index is 1.52. The van der Waals surface area contributed by atoms with E-state index in [1.165, 1.54) is 5.56 Å². The van der Waals surface area contributed by atoms with Gasteiger partial charge < -0.3 is 24.7 Å². The Kier molecular flexibility index (Phi) is 6.79. The minimum Gasteiger partial charge on any atom is -0.444 e. The summed E-state index contributed by atoms with van der Waals surface area (Å²) in [7, 11) is -0.572. The lowest BCUT2D eigenvalue weighted by Gasteiger charge is -2.64. The van der Waals surface area contributed by atoms with Crippen molar-refractivity contribution in [2.45, 2.75) is 110 Å². The van der Waals surface area contributed by atoms with Gasteiger partial charge in [0.05, 0.1) is 17.6 Å². The highest BCUT2D eigenvalue weighted by Crippen LogP contribution is 2.65. The molecule has 2 amide bonds. The van der Waals surface area contributed by atoms with Crippen LogP contribution >= 0.6 is 0 Å². The zero-order chi connectivity index (χ0) is 26.7. The van der Waals surface area contributed by atoms with Gasteiger partial charge in [0, 0.05) is 0 Å². The third kappa shape index (κ3) is 5.17. The third-order valence-electron chi connectivity index (χ3n) is 8.57. The van der Waals surface area contributed by atoms with Gasteiger partial charge in [0.1, 0.15) is 11.1 Å². The molecule has 1 aromatic carbocycles. The van der Waals surface area contributed by atoms with Crippen LogP contribution < -0.4 is 10.6 Å². The molecule has 4 aliphatic rings. The lowest BCUT2D eigenvalue weighted by Crippen LogP contribution is -2.65. The van der Waals surface area contributed by atoms with E-state index in [1.807, 2.05) is 0 Å². The average molecular weight is 498 g/mol. The van der Waals surface area contributed by atoms with E-state index in [2.05, 4.69) is 62.6 Å². The molecule has 36 heavy (non-hydrogen) atoms. The smallest absolute Gasteiger partial charge is 0.444 e. The van der Waals surface area contributed by atoms with Gasteiger partial charge in [0.2, 0.25) is 5.91 Å². The predicted molar refractivity (Wildman–Crippen MR) is 140 cm³/mol. The Bertz CT molecular complexity index is 1000. The normalized spacial score (nSPS) is 29.6. The maximum Gasteiger partial charge on any atom is 0.482 e. The van der Waals surface area contributed by atoms with Gasteiger partial charge in [-0.15, -0.1) is 0 Å². The molecule has 3 aliphatic carbocycles. The van der Waals surface area contributed by atoms with Crippen LogP contribution in [0.5, 0.6) is 0 Å². The molecule has 8 heteroatoms. The summed E-state index contributed by atoms with van der Waals surface area (Å²) in [4.78, 5) is 25.9. The number of hydrogen-bond donors (Lipinski definition) is 2. The first-order chi connectivity index (χ1) is 16.5. The molecule has 1 aromatic rings. The molecule has 1 aliphatic heterocycles. The van der Waals surface area contributed by atoms with Gasteiger partial charge >= 0.3 is 13.2 Å². The molecule has 0 aromatic heterocycles. The molecule has 5 rings (SSSR count). The summed E-state index contributed by atoms with van der Waals surface area (Å²) in [6.45, 7) is 17.6. The van der Waals surface area contributed by atoms with E-state index >= 15 is 0 Å². The topological polar surface area (TPSA) is 85.9 Å². The molecule has 3 saturated carbocycles. The highest BCUT2D eigenvalue weighted by molar-refractivity contribution is 6.48. The zero-order valence-electron chi connectivity index (χ0n) is 23.4. The van der Waals surface area contributed by atoms with Crippen molar-refractivity contribution >= 4 is 19.1 Å². The summed E-state index contributed by atoms with van der Waals surface area (Å²) in [5.41, 5.74) is 0.280. The van der Waals surface area contributed by atoms with Crippen molar-refractivity contribution in [3.05, 3.63) is 35.4 Å². The van der Waals surface area contributed by atoms with Crippen molar-refractivity contribution in [1.29, 1.82) is 0 Å². The van der Waals surface area contributed by atoms with E-state index in [9.17, 15) is 9.59 Å². The zero-order valence-corrected chi connectivity index (χ0v) is 23.4. The largest absolute Gasteiger partial charge is 0.482 e. The summed E-state index contributed by atoms with van der Waals surface area (Å²) in [6, 6.07) is 8.28. The van der Waals surface area contributed by atoms with Crippen molar-refractivity contribution in [2.75, 3.05) is 0 Å². The van der Waals surface area contributed by atoms with Crippen LogP contribution in [0.1, 0.15) is 79.4 Å². The Hall–Kier alpha value is -2.06. The molecule has 0 spiro atoms. The quantitative estimate of drug-likeness (QED) is 0.561. The van der Waals surface area contributed by atoms with Crippen LogP contribution in [0, 0.1) is 24.2 Å². The molecular weight excluding hydrogens is 455 g/mol. The van der Waals surface area contributed by atoms with Gasteiger partial charge in [-0.3, -0.25) is 4.79 Å². The van der Waals surface area contributed by atoms with E-state index in [1.54, 1.807) is 34.6 Å². The summed E-state index contributed by atoms with van der Waals surface area (Å²) in [5.74, 6) is 0.342. The van der Waals surface area contributed by atoms with Crippen LogP contribution in [0.25, 0.3) is 0 Å². The van der Waals surface area contributed by atoms with Gasteiger partial charge in [-0.2, -0.15) is 0 Å². The van der Waals surface area contributed by atoms with Gasteiger partial charge in [-0.1, -0.05) is 43.7 Å². The van der Waals surface area contributed by atoms with E-state index < -0.39 is 30.3 Å². The van der Waals surface area contributed by atoms with Crippen LogP contribution in [0.3, 0.4) is 0 Å². The lowest BCUT2D eigenvalue weighted by molar-refractivity contribution is -0.199. The molecule has 4 fully saturated rings. The molecule has 2 N–H and O–H groups in total. The second-order valence-electron chi connectivity index (χ2n) is 13.4. The number of rotatable bonds is 6. The first-order valence-electron chi connectivity index (χ1n) is 13.2. The summed E-state index contributed by atoms with van der Waals surface area (Å²) in [6.07, 6.45) is 2.08. The van der Waals surface area contributed by atoms with Crippen LogP contribution in [-0.2, 0) is 25.3 Å². The van der Waals surface area contributed by atoms with Crippen LogP contribution in [0.15, 0.2) is 24.3 Å². The van der Waals surface area contributed by atoms with Gasteiger partial charge in [-0.05, 0) is 90.5 Å². The molecule has 0 radical (unpaired) electrons. The van der Waals surface area contributed by atoms with Crippen molar-refractivity contribution in [3.63, 3.8) is 0 Å². The molecule has 198 valence electrons. The van der Waals surface area contributed by atoms with Crippen molar-refractivity contribution in [3.8, 4) is 0 Å². The average Bonchev–Trinajstić information content (AvgIpc) is 3.09.